The van der Waals surface area contributed by atoms with Gasteiger partial charge in [0, 0.05) is 56.1 Å². The Morgan fingerprint density at radius 3 is 2.32 bits per heavy atom. The Morgan fingerprint density at radius 1 is 1.05 bits per heavy atom. The zero-order chi connectivity index (χ0) is 15.7. The molecule has 5 heteroatoms. The van der Waals surface area contributed by atoms with Crippen LogP contribution in [0.3, 0.4) is 0 Å². The van der Waals surface area contributed by atoms with Crippen LogP contribution in [0.15, 0.2) is 30.5 Å². The maximum Gasteiger partial charge on any atom is 0.129 e. The third kappa shape index (κ3) is 2.68. The molecule has 0 saturated carbocycles. The van der Waals surface area contributed by atoms with Gasteiger partial charge < -0.3 is 10.6 Å². The van der Waals surface area contributed by atoms with E-state index < -0.39 is 0 Å². The molecule has 1 aromatic heterocycles. The highest BCUT2D eigenvalue weighted by Crippen LogP contribution is 2.34. The van der Waals surface area contributed by atoms with Gasteiger partial charge in [-0.25, -0.2) is 0 Å². The summed E-state index contributed by atoms with van der Waals surface area (Å²) in [7, 11) is 1.88. The zero-order valence-electron chi connectivity index (χ0n) is 13.7. The van der Waals surface area contributed by atoms with Crippen LogP contribution in [-0.4, -0.2) is 46.9 Å². The molecule has 1 fully saturated rings. The van der Waals surface area contributed by atoms with Crippen molar-refractivity contribution in [3.05, 3.63) is 30.5 Å². The van der Waals surface area contributed by atoms with Crippen molar-refractivity contribution in [3.63, 3.8) is 0 Å². The minimum absolute atomic E-state index is 0.617. The van der Waals surface area contributed by atoms with E-state index in [1.165, 1.54) is 11.3 Å². The van der Waals surface area contributed by atoms with Crippen molar-refractivity contribution in [2.24, 2.45) is 7.05 Å². The minimum atomic E-state index is 0.617. The fourth-order valence-electron chi connectivity index (χ4n) is 3.11. The molecular weight excluding hydrogens is 274 g/mol. The van der Waals surface area contributed by atoms with Crippen LogP contribution in [-0.2, 0) is 7.05 Å². The van der Waals surface area contributed by atoms with Gasteiger partial charge in [0.15, 0.2) is 0 Å². The lowest BCUT2D eigenvalue weighted by molar-refractivity contribution is 0.209. The standard InChI is InChI=1S/C17H25N5/c1-13(2)21-8-10-22(11-9-21)16-7-5-4-6-14(16)15-12-19-20(3)17(15)18/h4-7,12-13H,8-11,18H2,1-3H3. The van der Waals surface area contributed by atoms with Crippen LogP contribution in [0, 0.1) is 0 Å². The molecule has 0 bridgehead atoms. The summed E-state index contributed by atoms with van der Waals surface area (Å²) in [5, 5.41) is 4.28. The fourth-order valence-corrected chi connectivity index (χ4v) is 3.11. The molecule has 2 aromatic rings. The van der Waals surface area contributed by atoms with E-state index in [9.17, 15) is 0 Å². The molecule has 22 heavy (non-hydrogen) atoms. The first-order chi connectivity index (χ1) is 10.6. The van der Waals surface area contributed by atoms with Crippen LogP contribution in [0.25, 0.3) is 11.1 Å². The lowest BCUT2D eigenvalue weighted by Gasteiger charge is -2.38. The SMILES string of the molecule is CC(C)N1CCN(c2ccccc2-c2cnn(C)c2N)CC1. The molecule has 1 aliphatic rings. The van der Waals surface area contributed by atoms with Crippen LogP contribution >= 0.6 is 0 Å². The van der Waals surface area contributed by atoms with Gasteiger partial charge in [-0.15, -0.1) is 0 Å². The molecular formula is C17H25N5. The highest BCUT2D eigenvalue weighted by atomic mass is 15.3. The highest BCUT2D eigenvalue weighted by molar-refractivity contribution is 5.84. The smallest absolute Gasteiger partial charge is 0.129 e. The molecule has 1 aliphatic heterocycles. The Labute approximate surface area is 132 Å². The number of para-hydroxylation sites is 1. The number of nitrogens with zero attached hydrogens (tertiary/aromatic N) is 4. The van der Waals surface area contributed by atoms with Crippen LogP contribution in [0.4, 0.5) is 11.5 Å². The summed E-state index contributed by atoms with van der Waals surface area (Å²) in [5.41, 5.74) is 9.61. The van der Waals surface area contributed by atoms with E-state index >= 15 is 0 Å². The van der Waals surface area contributed by atoms with Crippen molar-refractivity contribution in [2.75, 3.05) is 36.8 Å². The first kappa shape index (κ1) is 14.9. The minimum Gasteiger partial charge on any atom is -0.383 e. The molecule has 0 amide bonds. The van der Waals surface area contributed by atoms with Gasteiger partial charge in [-0.1, -0.05) is 18.2 Å². The molecule has 0 atom stereocenters. The average Bonchev–Trinajstić information content (AvgIpc) is 2.87. The van der Waals surface area contributed by atoms with E-state index in [-0.39, 0.29) is 0 Å². The number of nitrogen functional groups attached to an aromatic ring is 1. The lowest BCUT2D eigenvalue weighted by Crippen LogP contribution is -2.49. The Morgan fingerprint density at radius 2 is 1.73 bits per heavy atom. The number of anilines is 2. The molecule has 1 saturated heterocycles. The number of aryl methyl sites for hydroxylation is 1. The third-order valence-corrected chi connectivity index (χ3v) is 4.56. The van der Waals surface area contributed by atoms with Crippen LogP contribution in [0.2, 0.25) is 0 Å². The number of hydrogen-bond donors (Lipinski definition) is 1. The van der Waals surface area contributed by atoms with E-state index in [1.54, 1.807) is 4.68 Å². The first-order valence-electron chi connectivity index (χ1n) is 7.94. The maximum atomic E-state index is 6.17. The predicted molar refractivity (Wildman–Crippen MR) is 92.0 cm³/mol. The summed E-state index contributed by atoms with van der Waals surface area (Å²) in [5.74, 6) is 0.716. The summed E-state index contributed by atoms with van der Waals surface area (Å²) < 4.78 is 1.73. The highest BCUT2D eigenvalue weighted by Gasteiger charge is 2.22. The second-order valence-corrected chi connectivity index (χ2v) is 6.20. The van der Waals surface area contributed by atoms with Gasteiger partial charge >= 0.3 is 0 Å². The van der Waals surface area contributed by atoms with Crippen molar-refractivity contribution in [3.8, 4) is 11.1 Å². The van der Waals surface area contributed by atoms with E-state index in [1.807, 2.05) is 13.2 Å². The van der Waals surface area contributed by atoms with E-state index in [4.69, 9.17) is 5.73 Å². The summed E-state index contributed by atoms with van der Waals surface area (Å²) >= 11 is 0. The van der Waals surface area contributed by atoms with Gasteiger partial charge in [-0.05, 0) is 19.9 Å². The zero-order valence-corrected chi connectivity index (χ0v) is 13.7. The number of aromatic nitrogens is 2. The molecule has 2 heterocycles. The Bertz CT molecular complexity index is 638. The monoisotopic (exact) mass is 299 g/mol. The van der Waals surface area contributed by atoms with Crippen molar-refractivity contribution >= 4 is 11.5 Å². The molecule has 0 spiro atoms. The van der Waals surface area contributed by atoms with Crippen molar-refractivity contribution in [1.82, 2.24) is 14.7 Å². The van der Waals surface area contributed by atoms with E-state index in [0.717, 1.165) is 31.7 Å². The Balaban J connectivity index is 1.88. The van der Waals surface area contributed by atoms with Crippen molar-refractivity contribution in [1.29, 1.82) is 0 Å². The first-order valence-corrected chi connectivity index (χ1v) is 7.94. The fraction of sp³-hybridized carbons (Fsp3) is 0.471. The van der Waals surface area contributed by atoms with Gasteiger partial charge in [0.25, 0.3) is 0 Å². The molecule has 2 N–H and O–H groups in total. The average molecular weight is 299 g/mol. The summed E-state index contributed by atoms with van der Waals surface area (Å²) in [6, 6.07) is 9.10. The molecule has 118 valence electrons. The summed E-state index contributed by atoms with van der Waals surface area (Å²) in [6.07, 6.45) is 1.86. The molecule has 5 nitrogen and oxygen atoms in total. The summed E-state index contributed by atoms with van der Waals surface area (Å²) in [6.45, 7) is 8.84. The van der Waals surface area contributed by atoms with Gasteiger partial charge in [0.1, 0.15) is 5.82 Å². The normalized spacial score (nSPS) is 16.5. The quantitative estimate of drug-likeness (QED) is 0.944. The Kier molecular flexibility index (Phi) is 4.07. The van der Waals surface area contributed by atoms with Crippen molar-refractivity contribution < 1.29 is 0 Å². The van der Waals surface area contributed by atoms with Gasteiger partial charge in [0.05, 0.1) is 6.20 Å². The second-order valence-electron chi connectivity index (χ2n) is 6.20. The third-order valence-electron chi connectivity index (χ3n) is 4.56. The second kappa shape index (κ2) is 6.01. The van der Waals surface area contributed by atoms with E-state index in [0.29, 0.717) is 11.9 Å². The number of benzene rings is 1. The van der Waals surface area contributed by atoms with Crippen LogP contribution in [0.5, 0.6) is 0 Å². The predicted octanol–water partition coefficient (Wildman–Crippen LogP) is 2.20. The molecule has 3 rings (SSSR count). The largest absolute Gasteiger partial charge is 0.383 e. The number of nitrogens with two attached hydrogens (primary N) is 1. The van der Waals surface area contributed by atoms with Gasteiger partial charge in [0.2, 0.25) is 0 Å². The molecule has 0 radical (unpaired) electrons. The van der Waals surface area contributed by atoms with Crippen molar-refractivity contribution in [2.45, 2.75) is 19.9 Å². The Hall–Kier alpha value is -2.01. The lowest BCUT2D eigenvalue weighted by atomic mass is 10.0. The molecule has 0 aliphatic carbocycles. The van der Waals surface area contributed by atoms with Gasteiger partial charge in [-0.2, -0.15) is 5.10 Å². The van der Waals surface area contributed by atoms with Crippen LogP contribution < -0.4 is 10.6 Å². The topological polar surface area (TPSA) is 50.3 Å². The summed E-state index contributed by atoms with van der Waals surface area (Å²) in [4.78, 5) is 4.98. The number of piperazine rings is 1. The van der Waals surface area contributed by atoms with Gasteiger partial charge in [-0.3, -0.25) is 9.58 Å². The molecule has 0 unspecified atom stereocenters. The number of hydrogen-bond acceptors (Lipinski definition) is 4. The number of rotatable bonds is 3. The maximum absolute atomic E-state index is 6.17. The van der Waals surface area contributed by atoms with E-state index in [2.05, 4.69) is 53.0 Å². The van der Waals surface area contributed by atoms with Crippen LogP contribution in [0.1, 0.15) is 13.8 Å². The molecule has 1 aromatic carbocycles.